The molecule has 0 amide bonds. The van der Waals surface area contributed by atoms with E-state index in [-0.39, 0.29) is 83.1 Å². The summed E-state index contributed by atoms with van der Waals surface area (Å²) in [7, 11) is 0. The maximum absolute atomic E-state index is 8.92. The van der Waals surface area contributed by atoms with E-state index in [0.29, 0.717) is 5.75 Å². The van der Waals surface area contributed by atoms with Crippen molar-refractivity contribution < 1.29 is 88.2 Å². The summed E-state index contributed by atoms with van der Waals surface area (Å²) in [5, 5.41) is 8.92. The van der Waals surface area contributed by atoms with Crippen LogP contribution >= 0.6 is 0 Å². The molecule has 1 aromatic carbocycles. The molecule has 0 fully saturated rings. The van der Waals surface area contributed by atoms with Crippen LogP contribution in [0.25, 0.3) is 0 Å². The van der Waals surface area contributed by atoms with Crippen LogP contribution < -0.4 is 62.0 Å². The van der Waals surface area contributed by atoms with Crippen molar-refractivity contribution in [2.24, 2.45) is 0 Å². The van der Waals surface area contributed by atoms with Crippen LogP contribution in [-0.2, 0) is 21.1 Å². The van der Waals surface area contributed by atoms with Gasteiger partial charge in [-0.15, -0.1) is 0 Å². The first kappa shape index (κ1) is 49.5. The molecule has 1 nitrogen and oxygen atoms in total. The molecule has 0 aliphatic rings. The van der Waals surface area contributed by atoms with E-state index in [1.807, 2.05) is 25.1 Å². The zero-order chi connectivity index (χ0) is 13.1. The van der Waals surface area contributed by atoms with Gasteiger partial charge in [0, 0.05) is 0 Å². The molecule has 0 saturated heterocycles. The van der Waals surface area contributed by atoms with Crippen LogP contribution in [0.1, 0.15) is 47.1 Å². The van der Waals surface area contributed by atoms with Gasteiger partial charge in [-0.1, -0.05) is 18.2 Å². The van der Waals surface area contributed by atoms with Gasteiger partial charge in [0.2, 0.25) is 0 Å². The molecule has 1 N–H and O–H groups in total. The topological polar surface area (TPSA) is 20.2 Å². The van der Waals surface area contributed by atoms with Gasteiger partial charge in [-0.3, -0.25) is 0 Å². The maximum atomic E-state index is 8.92. The third-order valence-corrected chi connectivity index (χ3v) is 1.12. The van der Waals surface area contributed by atoms with Crippen LogP contribution in [0.2, 0.25) is 0 Å². The number of hydrogen-bond acceptors (Lipinski definition) is 1. The first-order valence-corrected chi connectivity index (χ1v) is 5.55. The van der Waals surface area contributed by atoms with Crippen molar-refractivity contribution in [3.63, 3.8) is 0 Å². The Hall–Kier alpha value is 1.16. The number of phenols is 1. The molecule has 0 bridgehead atoms. The molecular formula is C15H26Cl5OW-5. The number of hydrogen-bond donors (Lipinski definition) is 1. The van der Waals surface area contributed by atoms with Crippen LogP contribution in [0.4, 0.5) is 0 Å². The van der Waals surface area contributed by atoms with Crippen LogP contribution in [0.3, 0.4) is 0 Å². The average Bonchev–Trinajstić information content (AvgIpc) is 2.08. The van der Waals surface area contributed by atoms with Crippen LogP contribution in [0.15, 0.2) is 24.3 Å². The van der Waals surface area contributed by atoms with Crippen molar-refractivity contribution in [1.29, 1.82) is 0 Å². The predicted octanol–water partition coefficient (Wildman–Crippen LogP) is -10.0. The average molecular weight is 583 g/mol. The zero-order valence-electron chi connectivity index (χ0n) is 14.1. The standard InChI is InChI=1S/C7H8O.2C4H9.5ClH.W/c1-6-4-2-3-5-7(6)8;2*1-4(2)3;;;;;;/h2-5,8H,1H3;2*1-3H3;5*1H;/q;2*-1;;;;;;+2/p-5. The van der Waals surface area contributed by atoms with Crippen molar-refractivity contribution in [2.75, 3.05) is 0 Å². The van der Waals surface area contributed by atoms with Crippen LogP contribution in [0, 0.1) is 18.8 Å². The number of phenolic OH excluding ortho intramolecular Hbond substituents is 1. The number of aryl methyl sites for hydroxylation is 1. The Balaban J connectivity index is -0.0000000211. The van der Waals surface area contributed by atoms with E-state index in [2.05, 4.69) is 41.5 Å². The Morgan fingerprint density at radius 1 is 0.682 bits per heavy atom. The van der Waals surface area contributed by atoms with Gasteiger partial charge in [0.05, 0.1) is 0 Å². The van der Waals surface area contributed by atoms with Crippen molar-refractivity contribution >= 4 is 0 Å². The fourth-order valence-electron chi connectivity index (χ4n) is 0.563. The van der Waals surface area contributed by atoms with Crippen LogP contribution in [-0.4, -0.2) is 5.11 Å². The van der Waals surface area contributed by atoms with Gasteiger partial charge in [0.25, 0.3) is 0 Å². The summed E-state index contributed by atoms with van der Waals surface area (Å²) in [4.78, 5) is 0. The first-order valence-electron chi connectivity index (χ1n) is 5.55. The fourth-order valence-corrected chi connectivity index (χ4v) is 0.563. The number of aromatic hydroxyl groups is 1. The molecule has 0 aliphatic carbocycles. The van der Waals surface area contributed by atoms with Gasteiger partial charge >= 0.3 is 21.1 Å². The van der Waals surface area contributed by atoms with Crippen molar-refractivity contribution in [2.45, 2.75) is 48.5 Å². The molecule has 0 atom stereocenters. The molecule has 22 heavy (non-hydrogen) atoms. The minimum absolute atomic E-state index is 0. The molecule has 0 spiro atoms. The van der Waals surface area contributed by atoms with E-state index in [1.54, 1.807) is 6.07 Å². The van der Waals surface area contributed by atoms with Gasteiger partial charge < -0.3 is 79.0 Å². The summed E-state index contributed by atoms with van der Waals surface area (Å²) in [5.41, 5.74) is 0.924. The second kappa shape index (κ2) is 33.7. The molecule has 0 saturated carbocycles. The normalized spacial score (nSPS) is 6.59. The maximum Gasteiger partial charge on any atom is 2.00 e. The summed E-state index contributed by atoms with van der Waals surface area (Å²) in [6.07, 6.45) is 0. The Morgan fingerprint density at radius 3 is 1.05 bits per heavy atom. The quantitative estimate of drug-likeness (QED) is 0.301. The second-order valence-corrected chi connectivity index (χ2v) is 4.79. The SMILES string of the molecule is C[C-](C)C.C[C-](C)C.Cc1ccccc1O.[Cl-].[Cl-].[Cl-].[Cl-].[Cl-].[W+2]. The Labute approximate surface area is 183 Å². The van der Waals surface area contributed by atoms with Gasteiger partial charge in [-0.2, -0.15) is 41.5 Å². The predicted molar refractivity (Wildman–Crippen MR) is 73.4 cm³/mol. The van der Waals surface area contributed by atoms with Crippen LogP contribution in [0.5, 0.6) is 5.75 Å². The smallest absolute Gasteiger partial charge is 1.00 e. The second-order valence-electron chi connectivity index (χ2n) is 4.79. The summed E-state index contributed by atoms with van der Waals surface area (Å²) < 4.78 is 0. The molecule has 0 heterocycles. The Bertz CT molecular complexity index is 241. The number of halogens is 5. The largest absolute Gasteiger partial charge is 2.00 e. The summed E-state index contributed by atoms with van der Waals surface area (Å²) >= 11 is 0. The van der Waals surface area contributed by atoms with Crippen molar-refractivity contribution in [3.8, 4) is 5.75 Å². The number of benzene rings is 1. The number of rotatable bonds is 0. The van der Waals surface area contributed by atoms with E-state index >= 15 is 0 Å². The molecule has 7 heteroatoms. The zero-order valence-corrected chi connectivity index (χ0v) is 20.8. The summed E-state index contributed by atoms with van der Waals surface area (Å²) in [6, 6.07) is 7.25. The summed E-state index contributed by atoms with van der Waals surface area (Å²) in [6.45, 7) is 14.4. The molecule has 0 aliphatic heterocycles. The monoisotopic (exact) mass is 581 g/mol. The minimum Gasteiger partial charge on any atom is -1.00 e. The molecular weight excluding hydrogens is 557 g/mol. The molecule has 1 rings (SSSR count). The van der Waals surface area contributed by atoms with Gasteiger partial charge in [0.1, 0.15) is 5.75 Å². The van der Waals surface area contributed by atoms with Crippen molar-refractivity contribution in [1.82, 2.24) is 0 Å². The Morgan fingerprint density at radius 2 is 0.909 bits per heavy atom. The van der Waals surface area contributed by atoms with E-state index in [9.17, 15) is 0 Å². The Kier molecular flexibility index (Phi) is 75.8. The third kappa shape index (κ3) is 58.2. The van der Waals surface area contributed by atoms with E-state index < -0.39 is 0 Å². The van der Waals surface area contributed by atoms with Gasteiger partial charge in [0.15, 0.2) is 0 Å². The molecule has 0 aromatic heterocycles. The molecule has 138 valence electrons. The van der Waals surface area contributed by atoms with E-state index in [0.717, 1.165) is 5.56 Å². The fraction of sp³-hybridized carbons (Fsp3) is 0.467. The number of para-hydroxylation sites is 1. The van der Waals surface area contributed by atoms with Crippen molar-refractivity contribution in [3.05, 3.63) is 41.7 Å². The van der Waals surface area contributed by atoms with Gasteiger partial charge in [-0.25, -0.2) is 0 Å². The minimum atomic E-state index is 0. The summed E-state index contributed by atoms with van der Waals surface area (Å²) in [5.74, 6) is 3.20. The van der Waals surface area contributed by atoms with E-state index in [4.69, 9.17) is 5.11 Å². The molecule has 0 unspecified atom stereocenters. The molecule has 1 aromatic rings. The molecule has 0 radical (unpaired) electrons. The van der Waals surface area contributed by atoms with E-state index in [1.165, 1.54) is 11.8 Å². The first-order chi connectivity index (χ1) is 7.27. The third-order valence-electron chi connectivity index (χ3n) is 1.12. The van der Waals surface area contributed by atoms with Gasteiger partial charge in [-0.05, 0) is 18.6 Å².